The van der Waals surface area contributed by atoms with E-state index in [0.29, 0.717) is 31.4 Å². The lowest BCUT2D eigenvalue weighted by molar-refractivity contribution is -0.138. The quantitative estimate of drug-likeness (QED) is 0.217. The molecule has 2 aromatic heterocycles. The molecule has 3 heterocycles. The summed E-state index contributed by atoms with van der Waals surface area (Å²) in [5.74, 6) is -0.985. The van der Waals surface area contributed by atoms with Crippen LogP contribution >= 0.6 is 0 Å². The van der Waals surface area contributed by atoms with Gasteiger partial charge in [-0.25, -0.2) is 4.98 Å². The molecule has 0 unspecified atom stereocenters. The van der Waals surface area contributed by atoms with Crippen molar-refractivity contribution >= 4 is 34.8 Å². The maximum Gasteiger partial charge on any atom is 0.303 e. The Bertz CT molecular complexity index is 1230. The lowest BCUT2D eigenvalue weighted by atomic mass is 10.1. The number of ether oxygens (including phenoxy) is 1. The van der Waals surface area contributed by atoms with Gasteiger partial charge in [-0.15, -0.1) is 0 Å². The first-order valence-electron chi connectivity index (χ1n) is 11.6. The van der Waals surface area contributed by atoms with E-state index >= 15 is 0 Å². The van der Waals surface area contributed by atoms with E-state index in [1.54, 1.807) is 6.92 Å². The fraction of sp³-hybridized carbons (Fsp3) is 0.435. The number of amides is 1. The number of imidazole rings is 1. The third-order valence-electron chi connectivity index (χ3n) is 5.92. The molecule has 1 aliphatic rings. The fourth-order valence-corrected chi connectivity index (χ4v) is 4.03. The molecule has 0 aliphatic carbocycles. The Morgan fingerprint density at radius 1 is 1.11 bits per heavy atom. The number of aliphatic hydroxyl groups is 2. The molecule has 1 fully saturated rings. The molecule has 4 rings (SSSR count). The highest BCUT2D eigenvalue weighted by Gasteiger charge is 2.47. The van der Waals surface area contributed by atoms with E-state index < -0.39 is 36.4 Å². The van der Waals surface area contributed by atoms with Gasteiger partial charge < -0.3 is 36.4 Å². The molecule has 4 atom stereocenters. The van der Waals surface area contributed by atoms with E-state index in [4.69, 9.17) is 15.6 Å². The zero-order chi connectivity index (χ0) is 25.8. The highest BCUT2D eigenvalue weighted by Crippen LogP contribution is 2.32. The van der Waals surface area contributed by atoms with E-state index in [9.17, 15) is 19.8 Å². The number of hydrogen-bond acceptors (Lipinski definition) is 10. The Labute approximate surface area is 206 Å². The molecule has 7 N–H and O–H groups in total. The smallest absolute Gasteiger partial charge is 0.303 e. The number of nitrogens with zero attached hydrogens (tertiary/aromatic N) is 4. The van der Waals surface area contributed by atoms with Gasteiger partial charge in [-0.1, -0.05) is 24.3 Å². The molecule has 0 spiro atoms. The van der Waals surface area contributed by atoms with Gasteiger partial charge in [-0.2, -0.15) is 9.97 Å². The van der Waals surface area contributed by atoms with Crippen molar-refractivity contribution in [2.75, 3.05) is 24.1 Å². The van der Waals surface area contributed by atoms with Gasteiger partial charge in [0.1, 0.15) is 17.7 Å². The number of aliphatic carboxylic acids is 1. The highest BCUT2D eigenvalue weighted by molar-refractivity contribution is 5.83. The zero-order valence-electron chi connectivity index (χ0n) is 19.7. The van der Waals surface area contributed by atoms with Crippen LogP contribution in [0.25, 0.3) is 11.2 Å². The van der Waals surface area contributed by atoms with Crippen LogP contribution < -0.4 is 16.4 Å². The van der Waals surface area contributed by atoms with Crippen molar-refractivity contribution in [1.82, 2.24) is 24.8 Å². The third-order valence-corrected chi connectivity index (χ3v) is 5.92. The number of anilines is 2. The molecule has 13 heteroatoms. The zero-order valence-corrected chi connectivity index (χ0v) is 19.7. The highest BCUT2D eigenvalue weighted by atomic mass is 16.6. The van der Waals surface area contributed by atoms with Gasteiger partial charge in [0.15, 0.2) is 23.8 Å². The summed E-state index contributed by atoms with van der Waals surface area (Å²) < 4.78 is 7.09. The van der Waals surface area contributed by atoms with E-state index in [0.717, 1.165) is 11.1 Å². The molecular weight excluding hydrogens is 470 g/mol. The number of nitrogens with two attached hydrogens (primary N) is 1. The minimum atomic E-state index is -1.42. The summed E-state index contributed by atoms with van der Waals surface area (Å²) in [6.07, 6.45) is -2.56. The fourth-order valence-electron chi connectivity index (χ4n) is 4.03. The largest absolute Gasteiger partial charge is 0.481 e. The standard InChI is InChI=1S/C23H29N7O6/c1-2-25-21(35)18-16(33)17(34)22(36-18)30-11-27-15-19(24)28-23(29-20(15)30)26-10-9-13-5-3-12(4-6-13)7-8-14(31)32/h3-6,11,16-18,22,33-34H,2,7-10H2,1H3,(H,25,35)(H,31,32)(H3,24,26,28,29)/t16-,17+,18+,22-/m0/s1. The second-order valence-electron chi connectivity index (χ2n) is 8.47. The molecule has 1 aromatic carbocycles. The van der Waals surface area contributed by atoms with Gasteiger partial charge in [-0.3, -0.25) is 14.2 Å². The van der Waals surface area contributed by atoms with Crippen LogP contribution in [0.15, 0.2) is 30.6 Å². The van der Waals surface area contributed by atoms with Crippen LogP contribution in [-0.4, -0.2) is 78.1 Å². The minimum absolute atomic E-state index is 0.0905. The number of aromatic nitrogens is 4. The van der Waals surface area contributed by atoms with Crippen LogP contribution in [0.5, 0.6) is 0 Å². The number of aliphatic hydroxyl groups excluding tert-OH is 2. The van der Waals surface area contributed by atoms with Crippen LogP contribution in [0.3, 0.4) is 0 Å². The monoisotopic (exact) mass is 499 g/mol. The molecule has 36 heavy (non-hydrogen) atoms. The van der Waals surface area contributed by atoms with Crippen molar-refractivity contribution < 1.29 is 29.6 Å². The number of nitrogen functional groups attached to an aromatic ring is 1. The third kappa shape index (κ3) is 5.37. The van der Waals surface area contributed by atoms with Gasteiger partial charge in [0.05, 0.1) is 6.33 Å². The number of carboxylic acid groups (broad SMARTS) is 1. The number of fused-ring (bicyclic) bond motifs is 1. The van der Waals surface area contributed by atoms with Gasteiger partial charge in [0.2, 0.25) is 5.95 Å². The van der Waals surface area contributed by atoms with E-state index in [1.807, 2.05) is 24.3 Å². The van der Waals surface area contributed by atoms with Crippen molar-refractivity contribution in [3.63, 3.8) is 0 Å². The first-order valence-corrected chi connectivity index (χ1v) is 11.6. The predicted octanol–water partition coefficient (Wildman–Crippen LogP) is -0.164. The Kier molecular flexibility index (Phi) is 7.62. The summed E-state index contributed by atoms with van der Waals surface area (Å²) in [6, 6.07) is 7.71. The molecule has 0 bridgehead atoms. The predicted molar refractivity (Wildman–Crippen MR) is 129 cm³/mol. The normalized spacial score (nSPS) is 21.5. The lowest BCUT2D eigenvalue weighted by Gasteiger charge is -2.16. The van der Waals surface area contributed by atoms with Crippen LogP contribution in [-0.2, 0) is 27.2 Å². The number of aryl methyl sites for hydroxylation is 1. The van der Waals surface area contributed by atoms with Crippen LogP contribution in [0.2, 0.25) is 0 Å². The van der Waals surface area contributed by atoms with Gasteiger partial charge in [0.25, 0.3) is 5.91 Å². The van der Waals surface area contributed by atoms with E-state index in [2.05, 4.69) is 25.6 Å². The number of hydrogen-bond donors (Lipinski definition) is 6. The average Bonchev–Trinajstić information content (AvgIpc) is 3.40. The summed E-state index contributed by atoms with van der Waals surface area (Å²) in [5, 5.41) is 35.4. The Morgan fingerprint density at radius 3 is 2.47 bits per heavy atom. The van der Waals surface area contributed by atoms with Crippen LogP contribution in [0.4, 0.5) is 11.8 Å². The van der Waals surface area contributed by atoms with Crippen molar-refractivity contribution in [3.05, 3.63) is 41.7 Å². The van der Waals surface area contributed by atoms with Crippen LogP contribution in [0, 0.1) is 0 Å². The number of carbonyl (C=O) groups excluding carboxylic acids is 1. The minimum Gasteiger partial charge on any atom is -0.481 e. The van der Waals surface area contributed by atoms with Gasteiger partial charge >= 0.3 is 5.97 Å². The second kappa shape index (κ2) is 10.8. The SMILES string of the molecule is CCNC(=O)[C@@H]1O[C@H](n2cnc3c(N)nc(NCCc4ccc(CCC(=O)O)cc4)nc32)[C@H](O)[C@@H]1O. The first kappa shape index (κ1) is 25.3. The molecule has 0 radical (unpaired) electrons. The van der Waals surface area contributed by atoms with Gasteiger partial charge in [0, 0.05) is 19.5 Å². The summed E-state index contributed by atoms with van der Waals surface area (Å²) in [7, 11) is 0. The van der Waals surface area contributed by atoms with Crippen molar-refractivity contribution in [1.29, 1.82) is 0 Å². The van der Waals surface area contributed by atoms with Gasteiger partial charge in [-0.05, 0) is 30.9 Å². The Hall–Kier alpha value is -3.81. The molecule has 0 saturated carbocycles. The molecule has 192 valence electrons. The summed E-state index contributed by atoms with van der Waals surface area (Å²) >= 11 is 0. The molecule has 13 nitrogen and oxygen atoms in total. The molecule has 1 saturated heterocycles. The second-order valence-corrected chi connectivity index (χ2v) is 8.47. The number of nitrogens with one attached hydrogen (secondary N) is 2. The Morgan fingerprint density at radius 2 is 1.81 bits per heavy atom. The molecular formula is C23H29N7O6. The lowest BCUT2D eigenvalue weighted by Crippen LogP contribution is -2.42. The summed E-state index contributed by atoms with van der Waals surface area (Å²) in [4.78, 5) is 35.8. The number of rotatable bonds is 10. The van der Waals surface area contributed by atoms with E-state index in [-0.39, 0.29) is 23.8 Å². The first-order chi connectivity index (χ1) is 17.3. The molecule has 3 aromatic rings. The summed E-state index contributed by atoms with van der Waals surface area (Å²) in [5.41, 5.74) is 8.65. The van der Waals surface area contributed by atoms with Crippen molar-refractivity contribution in [2.24, 2.45) is 0 Å². The molecule has 1 amide bonds. The number of likely N-dealkylation sites (N-methyl/N-ethyl adjacent to an activating group) is 1. The number of benzene rings is 1. The topological polar surface area (TPSA) is 198 Å². The summed E-state index contributed by atoms with van der Waals surface area (Å²) in [6.45, 7) is 2.59. The van der Waals surface area contributed by atoms with Crippen molar-refractivity contribution in [2.45, 2.75) is 50.7 Å². The maximum absolute atomic E-state index is 12.2. The maximum atomic E-state index is 12.2. The average molecular weight is 500 g/mol. The van der Waals surface area contributed by atoms with Crippen LogP contribution in [0.1, 0.15) is 30.7 Å². The number of carboxylic acids is 1. The number of carbonyl (C=O) groups is 2. The van der Waals surface area contributed by atoms with Crippen molar-refractivity contribution in [3.8, 4) is 0 Å². The molecule has 1 aliphatic heterocycles. The Balaban J connectivity index is 1.45. The van der Waals surface area contributed by atoms with E-state index in [1.165, 1.54) is 10.9 Å².